The Balaban J connectivity index is 2.99. The number of Topliss-reactive ketones (excluding diaryl/α,β-unsaturated/α-hetero) is 1. The molecular weight excluding hydrogens is 166 g/mol. The highest BCUT2D eigenvalue weighted by Gasteiger charge is 2.11. The molecule has 5 heteroatoms. The number of hydrogen-bond acceptors (Lipinski definition) is 4. The molecule has 0 saturated carbocycles. The molecule has 58 valence electrons. The number of nitro groups is 1. The molecule has 1 aromatic rings. The van der Waals surface area contributed by atoms with Gasteiger partial charge in [0.2, 0.25) is 0 Å². The zero-order chi connectivity index (χ0) is 8.43. The minimum atomic E-state index is -0.503. The minimum absolute atomic E-state index is 0.00944. The highest BCUT2D eigenvalue weighted by molar-refractivity contribution is 7.17. The van der Waals surface area contributed by atoms with E-state index in [1.807, 2.05) is 0 Å². The quantitative estimate of drug-likeness (QED) is 0.387. The van der Waals surface area contributed by atoms with Gasteiger partial charge in [-0.1, -0.05) is 11.3 Å². The number of carbonyl (C=O) groups excluding carboxylic acids is 1. The van der Waals surface area contributed by atoms with Gasteiger partial charge in [-0.25, -0.2) is 0 Å². The number of hydrogen-bond donors (Lipinski definition) is 0. The van der Waals surface area contributed by atoms with Crippen LogP contribution in [0, 0.1) is 10.1 Å². The van der Waals surface area contributed by atoms with E-state index in [0.29, 0.717) is 4.88 Å². The van der Waals surface area contributed by atoms with Crippen LogP contribution in [0.2, 0.25) is 0 Å². The second-order valence-corrected chi connectivity index (χ2v) is 3.01. The molecule has 0 amide bonds. The van der Waals surface area contributed by atoms with E-state index in [4.69, 9.17) is 0 Å². The number of nitrogens with zero attached hydrogens (tertiary/aromatic N) is 1. The first kappa shape index (κ1) is 7.87. The van der Waals surface area contributed by atoms with Crippen molar-refractivity contribution in [2.45, 2.75) is 6.92 Å². The zero-order valence-corrected chi connectivity index (χ0v) is 6.55. The van der Waals surface area contributed by atoms with E-state index >= 15 is 0 Å². The summed E-state index contributed by atoms with van der Waals surface area (Å²) in [4.78, 5) is 20.7. The molecule has 0 aromatic carbocycles. The summed E-state index contributed by atoms with van der Waals surface area (Å²) in [5, 5.41) is 10.2. The molecule has 0 bridgehead atoms. The number of thiophene rings is 1. The molecule has 0 radical (unpaired) electrons. The standard InChI is InChI=1S/C6H5NO3S/c1-4(8)5-2-3-6(11-5)7(9)10/h2-3H,1H3. The van der Waals surface area contributed by atoms with Crippen LogP contribution in [0.15, 0.2) is 12.1 Å². The van der Waals surface area contributed by atoms with Gasteiger partial charge in [0.15, 0.2) is 5.78 Å². The van der Waals surface area contributed by atoms with Gasteiger partial charge in [0.05, 0.1) is 9.80 Å². The van der Waals surface area contributed by atoms with E-state index in [9.17, 15) is 14.9 Å². The Morgan fingerprint density at radius 3 is 2.55 bits per heavy atom. The molecule has 11 heavy (non-hydrogen) atoms. The predicted molar refractivity (Wildman–Crippen MR) is 41.0 cm³/mol. The molecule has 0 aliphatic carbocycles. The summed E-state index contributed by atoms with van der Waals surface area (Å²) in [7, 11) is 0. The van der Waals surface area contributed by atoms with Gasteiger partial charge in [-0.2, -0.15) is 0 Å². The summed E-state index contributed by atoms with van der Waals surface area (Å²) in [5.41, 5.74) is 0. The first-order valence-corrected chi connectivity index (χ1v) is 3.68. The topological polar surface area (TPSA) is 60.2 Å². The van der Waals surface area contributed by atoms with Gasteiger partial charge < -0.3 is 0 Å². The van der Waals surface area contributed by atoms with E-state index in [-0.39, 0.29) is 10.8 Å². The molecule has 4 nitrogen and oxygen atoms in total. The number of ketones is 1. The molecule has 0 atom stereocenters. The van der Waals surface area contributed by atoms with E-state index in [2.05, 4.69) is 0 Å². The van der Waals surface area contributed by atoms with Gasteiger partial charge in [0, 0.05) is 6.07 Å². The first-order valence-electron chi connectivity index (χ1n) is 2.86. The Morgan fingerprint density at radius 2 is 2.27 bits per heavy atom. The van der Waals surface area contributed by atoms with Gasteiger partial charge in [-0.05, 0) is 13.0 Å². The number of carbonyl (C=O) groups is 1. The lowest BCUT2D eigenvalue weighted by Crippen LogP contribution is -1.84. The van der Waals surface area contributed by atoms with Crippen LogP contribution in [-0.4, -0.2) is 10.7 Å². The van der Waals surface area contributed by atoms with Gasteiger partial charge in [0.1, 0.15) is 0 Å². The van der Waals surface area contributed by atoms with Crippen LogP contribution >= 0.6 is 11.3 Å². The van der Waals surface area contributed by atoms with E-state index in [1.54, 1.807) is 0 Å². The predicted octanol–water partition coefficient (Wildman–Crippen LogP) is 1.86. The fourth-order valence-electron chi connectivity index (χ4n) is 0.615. The Labute approximate surface area is 66.6 Å². The minimum Gasteiger partial charge on any atom is -0.294 e. The second-order valence-electron chi connectivity index (χ2n) is 1.95. The van der Waals surface area contributed by atoms with Crippen molar-refractivity contribution in [3.05, 3.63) is 27.1 Å². The Hall–Kier alpha value is -1.23. The average Bonchev–Trinajstić information content (AvgIpc) is 2.33. The molecule has 0 aliphatic rings. The largest absolute Gasteiger partial charge is 0.324 e. The molecule has 0 unspecified atom stereocenters. The maximum absolute atomic E-state index is 10.7. The molecule has 0 saturated heterocycles. The van der Waals surface area contributed by atoms with Crippen LogP contribution in [0.5, 0.6) is 0 Å². The van der Waals surface area contributed by atoms with Crippen molar-refractivity contribution in [2.75, 3.05) is 0 Å². The summed E-state index contributed by atoms with van der Waals surface area (Å²) in [6.07, 6.45) is 0. The Kier molecular flexibility index (Phi) is 2.00. The molecule has 1 aromatic heterocycles. The zero-order valence-electron chi connectivity index (χ0n) is 5.73. The summed E-state index contributed by atoms with van der Waals surface area (Å²) < 4.78 is 0. The molecule has 0 N–H and O–H groups in total. The van der Waals surface area contributed by atoms with Crippen LogP contribution in [0.1, 0.15) is 16.6 Å². The molecule has 0 spiro atoms. The van der Waals surface area contributed by atoms with Crippen LogP contribution in [-0.2, 0) is 0 Å². The van der Waals surface area contributed by atoms with Gasteiger partial charge in [-0.3, -0.25) is 14.9 Å². The number of rotatable bonds is 2. The monoisotopic (exact) mass is 171 g/mol. The van der Waals surface area contributed by atoms with Crippen molar-refractivity contribution in [3.63, 3.8) is 0 Å². The lowest BCUT2D eigenvalue weighted by molar-refractivity contribution is -0.380. The highest BCUT2D eigenvalue weighted by Crippen LogP contribution is 2.23. The van der Waals surface area contributed by atoms with E-state index in [1.165, 1.54) is 19.1 Å². The van der Waals surface area contributed by atoms with Crippen LogP contribution in [0.3, 0.4) is 0 Å². The van der Waals surface area contributed by atoms with Gasteiger partial charge >= 0.3 is 5.00 Å². The average molecular weight is 171 g/mol. The summed E-state index contributed by atoms with van der Waals surface area (Å²) >= 11 is 0.900. The molecule has 1 heterocycles. The SMILES string of the molecule is CC(=O)c1ccc([N+](=O)[O-])s1. The summed E-state index contributed by atoms with van der Waals surface area (Å²) in [6, 6.07) is 2.80. The van der Waals surface area contributed by atoms with Crippen molar-refractivity contribution in [2.24, 2.45) is 0 Å². The fourth-order valence-corrected chi connectivity index (χ4v) is 1.33. The highest BCUT2D eigenvalue weighted by atomic mass is 32.1. The smallest absolute Gasteiger partial charge is 0.294 e. The van der Waals surface area contributed by atoms with Crippen LogP contribution in [0.25, 0.3) is 0 Å². The second kappa shape index (κ2) is 2.79. The maximum Gasteiger partial charge on any atom is 0.324 e. The Morgan fingerprint density at radius 1 is 1.64 bits per heavy atom. The maximum atomic E-state index is 10.7. The van der Waals surface area contributed by atoms with Gasteiger partial charge in [0.25, 0.3) is 0 Å². The van der Waals surface area contributed by atoms with Crippen molar-refractivity contribution >= 4 is 22.1 Å². The third-order valence-electron chi connectivity index (χ3n) is 1.12. The fraction of sp³-hybridized carbons (Fsp3) is 0.167. The molecular formula is C6H5NO3S. The lowest BCUT2D eigenvalue weighted by atomic mass is 10.4. The van der Waals surface area contributed by atoms with Crippen LogP contribution in [0.4, 0.5) is 5.00 Å². The third-order valence-corrected chi connectivity index (χ3v) is 2.26. The van der Waals surface area contributed by atoms with E-state index < -0.39 is 4.92 Å². The molecule has 0 aliphatic heterocycles. The lowest BCUT2D eigenvalue weighted by Gasteiger charge is -1.81. The van der Waals surface area contributed by atoms with Crippen molar-refractivity contribution in [3.8, 4) is 0 Å². The first-order chi connectivity index (χ1) is 5.11. The molecule has 1 rings (SSSR count). The molecule has 0 fully saturated rings. The van der Waals surface area contributed by atoms with Gasteiger partial charge in [-0.15, -0.1) is 0 Å². The summed E-state index contributed by atoms with van der Waals surface area (Å²) in [5.74, 6) is -0.136. The van der Waals surface area contributed by atoms with Crippen molar-refractivity contribution in [1.29, 1.82) is 0 Å². The normalized spacial score (nSPS) is 9.55. The summed E-state index contributed by atoms with van der Waals surface area (Å²) in [6.45, 7) is 1.38. The van der Waals surface area contributed by atoms with Crippen molar-refractivity contribution < 1.29 is 9.72 Å². The van der Waals surface area contributed by atoms with E-state index in [0.717, 1.165) is 11.3 Å². The third kappa shape index (κ3) is 1.62. The van der Waals surface area contributed by atoms with Crippen LogP contribution < -0.4 is 0 Å². The van der Waals surface area contributed by atoms with Crippen molar-refractivity contribution in [1.82, 2.24) is 0 Å². The Bertz CT molecular complexity index is 276.